The molecule has 2 aromatic heterocycles. The maximum atomic E-state index is 5.08. The van der Waals surface area contributed by atoms with E-state index >= 15 is 0 Å². The van der Waals surface area contributed by atoms with Crippen molar-refractivity contribution >= 4 is 5.65 Å². The summed E-state index contributed by atoms with van der Waals surface area (Å²) in [6.07, 6.45) is 3.80. The standard InChI is InChI=1S/C9H10N2O.C2H6/c1-7-6-10-9-5-8(12-2)3-4-11(7)9;1-2/h3-6H,1-2H3;1-2H3. The van der Waals surface area contributed by atoms with Gasteiger partial charge in [0.2, 0.25) is 0 Å². The first kappa shape index (κ1) is 10.6. The zero-order valence-electron chi connectivity index (χ0n) is 9.11. The fourth-order valence-electron chi connectivity index (χ4n) is 1.22. The van der Waals surface area contributed by atoms with Crippen LogP contribution in [0.1, 0.15) is 19.5 Å². The summed E-state index contributed by atoms with van der Waals surface area (Å²) in [5.74, 6) is 0.841. The molecule has 0 saturated carbocycles. The van der Waals surface area contributed by atoms with Crippen molar-refractivity contribution in [3.05, 3.63) is 30.2 Å². The van der Waals surface area contributed by atoms with Gasteiger partial charge in [-0.1, -0.05) is 13.8 Å². The van der Waals surface area contributed by atoms with E-state index in [0.29, 0.717) is 0 Å². The fourth-order valence-corrected chi connectivity index (χ4v) is 1.22. The van der Waals surface area contributed by atoms with E-state index in [2.05, 4.69) is 4.98 Å². The summed E-state index contributed by atoms with van der Waals surface area (Å²) in [6.45, 7) is 6.02. The van der Waals surface area contributed by atoms with Crippen molar-refractivity contribution in [3.8, 4) is 5.75 Å². The van der Waals surface area contributed by atoms with Crippen molar-refractivity contribution in [3.63, 3.8) is 0 Å². The molecular weight excluding hydrogens is 176 g/mol. The average Bonchev–Trinajstić information content (AvgIpc) is 2.63. The summed E-state index contributed by atoms with van der Waals surface area (Å²) in [5, 5.41) is 0. The molecular formula is C11H16N2O. The molecule has 0 spiro atoms. The molecule has 0 amide bonds. The van der Waals surface area contributed by atoms with Crippen LogP contribution in [0.3, 0.4) is 0 Å². The number of nitrogens with zero attached hydrogens (tertiary/aromatic N) is 2. The summed E-state index contributed by atoms with van der Waals surface area (Å²) in [6, 6.07) is 3.83. The number of aryl methyl sites for hydroxylation is 1. The van der Waals surface area contributed by atoms with Gasteiger partial charge in [0.15, 0.2) is 0 Å². The van der Waals surface area contributed by atoms with Crippen LogP contribution in [-0.2, 0) is 0 Å². The van der Waals surface area contributed by atoms with E-state index in [1.54, 1.807) is 7.11 Å². The van der Waals surface area contributed by atoms with E-state index in [9.17, 15) is 0 Å². The number of pyridine rings is 1. The Bertz CT molecular complexity index is 407. The summed E-state index contributed by atoms with van der Waals surface area (Å²) < 4.78 is 7.09. The summed E-state index contributed by atoms with van der Waals surface area (Å²) in [4.78, 5) is 4.21. The number of imidazole rings is 1. The van der Waals surface area contributed by atoms with Crippen molar-refractivity contribution in [1.82, 2.24) is 9.38 Å². The number of hydrogen-bond acceptors (Lipinski definition) is 2. The number of rotatable bonds is 1. The van der Waals surface area contributed by atoms with Crippen LogP contribution in [0.15, 0.2) is 24.5 Å². The van der Waals surface area contributed by atoms with Gasteiger partial charge in [0, 0.05) is 24.2 Å². The molecule has 0 unspecified atom stereocenters. The Morgan fingerprint density at radius 2 is 2.07 bits per heavy atom. The van der Waals surface area contributed by atoms with Crippen LogP contribution in [0.4, 0.5) is 0 Å². The third-order valence-corrected chi connectivity index (χ3v) is 1.91. The topological polar surface area (TPSA) is 26.5 Å². The lowest BCUT2D eigenvalue weighted by atomic mass is 10.4. The molecule has 0 bridgehead atoms. The molecule has 3 nitrogen and oxygen atoms in total. The van der Waals surface area contributed by atoms with Crippen molar-refractivity contribution in [2.24, 2.45) is 0 Å². The molecule has 76 valence electrons. The SMILES string of the molecule is CC.COc1ccn2c(C)cnc2c1. The summed E-state index contributed by atoms with van der Waals surface area (Å²) in [7, 11) is 1.65. The van der Waals surface area contributed by atoms with Crippen LogP contribution in [0.5, 0.6) is 5.75 Å². The third-order valence-electron chi connectivity index (χ3n) is 1.91. The van der Waals surface area contributed by atoms with E-state index in [4.69, 9.17) is 4.74 Å². The van der Waals surface area contributed by atoms with E-state index in [-0.39, 0.29) is 0 Å². The van der Waals surface area contributed by atoms with Gasteiger partial charge in [0.05, 0.1) is 7.11 Å². The number of methoxy groups -OCH3 is 1. The van der Waals surface area contributed by atoms with Crippen LogP contribution in [0.25, 0.3) is 5.65 Å². The van der Waals surface area contributed by atoms with Gasteiger partial charge in [-0.3, -0.25) is 0 Å². The second-order valence-electron chi connectivity index (χ2n) is 2.69. The van der Waals surface area contributed by atoms with Gasteiger partial charge in [0.1, 0.15) is 11.4 Å². The molecule has 0 aliphatic rings. The number of aromatic nitrogens is 2. The highest BCUT2D eigenvalue weighted by Crippen LogP contribution is 2.13. The monoisotopic (exact) mass is 192 g/mol. The van der Waals surface area contributed by atoms with Crippen LogP contribution in [0.2, 0.25) is 0 Å². The Hall–Kier alpha value is -1.51. The zero-order chi connectivity index (χ0) is 10.6. The molecule has 2 aromatic rings. The molecule has 0 aliphatic heterocycles. The maximum Gasteiger partial charge on any atom is 0.140 e. The van der Waals surface area contributed by atoms with Crippen molar-refractivity contribution in [2.75, 3.05) is 7.11 Å². The Balaban J connectivity index is 0.000000461. The second kappa shape index (κ2) is 4.65. The van der Waals surface area contributed by atoms with E-state index in [1.807, 2.05) is 49.7 Å². The predicted molar refractivity (Wildman–Crippen MR) is 57.8 cm³/mol. The Morgan fingerprint density at radius 1 is 1.36 bits per heavy atom. The lowest BCUT2D eigenvalue weighted by Gasteiger charge is -1.99. The zero-order valence-corrected chi connectivity index (χ0v) is 9.11. The van der Waals surface area contributed by atoms with E-state index in [0.717, 1.165) is 17.1 Å². The van der Waals surface area contributed by atoms with Gasteiger partial charge in [-0.05, 0) is 13.0 Å². The second-order valence-corrected chi connectivity index (χ2v) is 2.69. The highest BCUT2D eigenvalue weighted by atomic mass is 16.5. The Morgan fingerprint density at radius 3 is 2.71 bits per heavy atom. The molecule has 2 heterocycles. The average molecular weight is 192 g/mol. The van der Waals surface area contributed by atoms with Crippen LogP contribution >= 0.6 is 0 Å². The molecule has 3 heteroatoms. The molecule has 0 fully saturated rings. The van der Waals surface area contributed by atoms with Gasteiger partial charge >= 0.3 is 0 Å². The van der Waals surface area contributed by atoms with Crippen molar-refractivity contribution < 1.29 is 4.74 Å². The highest BCUT2D eigenvalue weighted by Gasteiger charge is 1.98. The van der Waals surface area contributed by atoms with Gasteiger partial charge < -0.3 is 9.14 Å². The minimum Gasteiger partial charge on any atom is -0.497 e. The Labute approximate surface area is 84.3 Å². The quantitative estimate of drug-likeness (QED) is 0.694. The van der Waals surface area contributed by atoms with Crippen molar-refractivity contribution in [1.29, 1.82) is 0 Å². The molecule has 0 saturated heterocycles. The lowest BCUT2D eigenvalue weighted by Crippen LogP contribution is -1.88. The van der Waals surface area contributed by atoms with Crippen LogP contribution in [0, 0.1) is 6.92 Å². The lowest BCUT2D eigenvalue weighted by molar-refractivity contribution is 0.414. The van der Waals surface area contributed by atoms with Crippen LogP contribution in [-0.4, -0.2) is 16.5 Å². The predicted octanol–water partition coefficient (Wildman–Crippen LogP) is 2.68. The minimum atomic E-state index is 0.841. The first-order chi connectivity index (χ1) is 6.81. The van der Waals surface area contributed by atoms with E-state index in [1.165, 1.54) is 0 Å². The maximum absolute atomic E-state index is 5.08. The normalized spacial score (nSPS) is 9.43. The van der Waals surface area contributed by atoms with Crippen molar-refractivity contribution in [2.45, 2.75) is 20.8 Å². The molecule has 0 radical (unpaired) electrons. The highest BCUT2D eigenvalue weighted by molar-refractivity contribution is 5.45. The van der Waals surface area contributed by atoms with E-state index < -0.39 is 0 Å². The van der Waals surface area contributed by atoms with Crippen LogP contribution < -0.4 is 4.74 Å². The first-order valence-corrected chi connectivity index (χ1v) is 4.79. The van der Waals surface area contributed by atoms with Gasteiger partial charge in [-0.25, -0.2) is 4.98 Å². The molecule has 0 aliphatic carbocycles. The molecule has 0 N–H and O–H groups in total. The summed E-state index contributed by atoms with van der Waals surface area (Å²) >= 11 is 0. The number of ether oxygens (including phenoxy) is 1. The van der Waals surface area contributed by atoms with Gasteiger partial charge in [-0.15, -0.1) is 0 Å². The number of fused-ring (bicyclic) bond motifs is 1. The third kappa shape index (κ3) is 1.87. The number of hydrogen-bond donors (Lipinski definition) is 0. The first-order valence-electron chi connectivity index (χ1n) is 4.79. The largest absolute Gasteiger partial charge is 0.497 e. The van der Waals surface area contributed by atoms with Gasteiger partial charge in [0.25, 0.3) is 0 Å². The minimum absolute atomic E-state index is 0.841. The van der Waals surface area contributed by atoms with Gasteiger partial charge in [-0.2, -0.15) is 0 Å². The smallest absolute Gasteiger partial charge is 0.140 e. The summed E-state index contributed by atoms with van der Waals surface area (Å²) in [5.41, 5.74) is 2.06. The molecule has 14 heavy (non-hydrogen) atoms. The molecule has 0 atom stereocenters. The fraction of sp³-hybridized carbons (Fsp3) is 0.364. The Kier molecular flexibility index (Phi) is 3.51. The molecule has 0 aromatic carbocycles. The molecule has 2 rings (SSSR count).